The van der Waals surface area contributed by atoms with Crippen molar-refractivity contribution in [3.05, 3.63) is 23.8 Å². The van der Waals surface area contributed by atoms with Crippen LogP contribution < -0.4 is 20.3 Å². The highest BCUT2D eigenvalue weighted by Gasteiger charge is 2.28. The van der Waals surface area contributed by atoms with Gasteiger partial charge >= 0.3 is 0 Å². The van der Waals surface area contributed by atoms with E-state index in [9.17, 15) is 9.59 Å². The van der Waals surface area contributed by atoms with Crippen LogP contribution in [0.5, 0.6) is 5.75 Å². The fourth-order valence-electron chi connectivity index (χ4n) is 2.77. The van der Waals surface area contributed by atoms with Crippen LogP contribution in [0.15, 0.2) is 18.2 Å². The van der Waals surface area contributed by atoms with Gasteiger partial charge in [0.1, 0.15) is 12.4 Å². The molecule has 1 heterocycles. The van der Waals surface area contributed by atoms with Gasteiger partial charge in [-0.05, 0) is 23.6 Å². The summed E-state index contributed by atoms with van der Waals surface area (Å²) in [5.41, 5.74) is 1.41. The lowest BCUT2D eigenvalue weighted by Crippen LogP contribution is -2.44. The molecular weight excluding hydrogens is 346 g/mol. The number of hydrogen-bond donors (Lipinski definition) is 2. The van der Waals surface area contributed by atoms with Crippen LogP contribution in [0, 0.1) is 5.41 Å². The number of nitrogens with zero attached hydrogens (tertiary/aromatic N) is 1. The molecule has 0 aliphatic carbocycles. The average Bonchev–Trinajstić information content (AvgIpc) is 2.62. The minimum absolute atomic E-state index is 0.00212. The summed E-state index contributed by atoms with van der Waals surface area (Å²) in [4.78, 5) is 26.5. The molecule has 1 atom stereocenters. The molecule has 0 bridgehead atoms. The van der Waals surface area contributed by atoms with Gasteiger partial charge in [0, 0.05) is 32.8 Å². The summed E-state index contributed by atoms with van der Waals surface area (Å²) in [7, 11) is 3.52. The molecule has 0 saturated heterocycles. The Kier molecular flexibility index (Phi) is 7.07. The van der Waals surface area contributed by atoms with Crippen LogP contribution >= 0.6 is 0 Å². The maximum absolute atomic E-state index is 12.3. The number of anilines is 1. The Bertz CT molecular complexity index is 670. The van der Waals surface area contributed by atoms with Gasteiger partial charge in [-0.3, -0.25) is 9.59 Å². The minimum Gasteiger partial charge on any atom is -0.489 e. The maximum atomic E-state index is 12.3. The lowest BCUT2D eigenvalue weighted by Gasteiger charge is -2.36. The number of nitrogens with one attached hydrogen (secondary N) is 2. The number of methoxy groups -OCH3 is 1. The van der Waals surface area contributed by atoms with E-state index in [-0.39, 0.29) is 23.3 Å². The van der Waals surface area contributed by atoms with Crippen LogP contribution in [0.3, 0.4) is 0 Å². The smallest absolute Gasteiger partial charge is 0.251 e. The average molecular weight is 377 g/mol. The zero-order valence-corrected chi connectivity index (χ0v) is 16.9. The van der Waals surface area contributed by atoms with Crippen LogP contribution in [0.4, 0.5) is 5.69 Å². The molecule has 150 valence electrons. The van der Waals surface area contributed by atoms with Gasteiger partial charge in [-0.1, -0.05) is 20.8 Å². The van der Waals surface area contributed by atoms with Crippen molar-refractivity contribution in [3.8, 4) is 5.75 Å². The standard InChI is InChI=1S/C20H31N3O4/c1-20(2,3)13-22-18(24)11-15-12-27-17-7-6-14(10-16(17)23(15)4)19(25)21-8-9-26-5/h6-7,10,15H,8-9,11-13H2,1-5H3,(H,21,25)(H,22,24). The van der Waals surface area contributed by atoms with Crippen molar-refractivity contribution in [1.82, 2.24) is 10.6 Å². The highest BCUT2D eigenvalue weighted by atomic mass is 16.5. The second-order valence-corrected chi connectivity index (χ2v) is 8.05. The lowest BCUT2D eigenvalue weighted by atomic mass is 9.97. The Morgan fingerprint density at radius 2 is 2.04 bits per heavy atom. The number of hydrogen-bond acceptors (Lipinski definition) is 5. The summed E-state index contributed by atoms with van der Waals surface area (Å²) in [5.74, 6) is 0.563. The van der Waals surface area contributed by atoms with Gasteiger partial charge in [0.05, 0.1) is 24.8 Å². The molecule has 0 fully saturated rings. The number of amides is 2. The summed E-state index contributed by atoms with van der Waals surface area (Å²) < 4.78 is 10.8. The number of likely N-dealkylation sites (N-methyl/N-ethyl adjacent to an activating group) is 1. The summed E-state index contributed by atoms with van der Waals surface area (Å²) in [6, 6.07) is 5.26. The molecule has 27 heavy (non-hydrogen) atoms. The van der Waals surface area contributed by atoms with Gasteiger partial charge in [0.15, 0.2) is 0 Å². The zero-order valence-electron chi connectivity index (χ0n) is 16.9. The van der Waals surface area contributed by atoms with Crippen molar-refractivity contribution in [2.45, 2.75) is 33.2 Å². The quantitative estimate of drug-likeness (QED) is 0.709. The Balaban J connectivity index is 2.02. The molecular formula is C20H31N3O4. The number of fused-ring (bicyclic) bond motifs is 1. The van der Waals surface area contributed by atoms with Crippen molar-refractivity contribution < 1.29 is 19.1 Å². The van der Waals surface area contributed by atoms with E-state index in [2.05, 4.69) is 31.4 Å². The largest absolute Gasteiger partial charge is 0.489 e. The second kappa shape index (κ2) is 9.08. The number of rotatable bonds is 7. The van der Waals surface area contributed by atoms with Crippen molar-refractivity contribution in [2.75, 3.05) is 45.4 Å². The van der Waals surface area contributed by atoms with Gasteiger partial charge in [-0.2, -0.15) is 0 Å². The predicted molar refractivity (Wildman–Crippen MR) is 105 cm³/mol. The monoisotopic (exact) mass is 377 g/mol. The number of carbonyl (C=O) groups excluding carboxylic acids is 2. The molecule has 1 aliphatic heterocycles. The summed E-state index contributed by atoms with van der Waals surface area (Å²) in [6.07, 6.45) is 0.344. The van der Waals surface area contributed by atoms with Crippen LogP contribution in [0.1, 0.15) is 37.6 Å². The molecule has 1 aromatic rings. The van der Waals surface area contributed by atoms with Crippen molar-refractivity contribution in [1.29, 1.82) is 0 Å². The van der Waals surface area contributed by atoms with Crippen molar-refractivity contribution in [2.24, 2.45) is 5.41 Å². The Morgan fingerprint density at radius 3 is 2.70 bits per heavy atom. The van der Waals surface area contributed by atoms with E-state index in [1.54, 1.807) is 25.3 Å². The molecule has 1 aliphatic rings. The molecule has 0 aromatic heterocycles. The van der Waals surface area contributed by atoms with Crippen LogP contribution in [-0.4, -0.2) is 58.3 Å². The van der Waals surface area contributed by atoms with Gasteiger partial charge in [-0.15, -0.1) is 0 Å². The SMILES string of the molecule is COCCNC(=O)c1ccc2c(c1)N(C)C(CC(=O)NCC(C)(C)C)CO2. The molecule has 7 nitrogen and oxygen atoms in total. The van der Waals surface area contributed by atoms with Crippen LogP contribution in [0.25, 0.3) is 0 Å². The normalized spacial score (nSPS) is 16.3. The second-order valence-electron chi connectivity index (χ2n) is 8.05. The van der Waals surface area contributed by atoms with E-state index in [1.165, 1.54) is 0 Å². The summed E-state index contributed by atoms with van der Waals surface area (Å²) in [6.45, 7) is 8.23. The molecule has 2 N–H and O–H groups in total. The molecule has 1 aromatic carbocycles. The molecule has 1 unspecified atom stereocenters. The summed E-state index contributed by atoms with van der Waals surface area (Å²) in [5, 5.41) is 5.78. The third-order valence-electron chi connectivity index (χ3n) is 4.41. The number of benzene rings is 1. The Labute approximate surface area is 161 Å². The molecule has 7 heteroatoms. The topological polar surface area (TPSA) is 79.9 Å². The lowest BCUT2D eigenvalue weighted by molar-refractivity contribution is -0.122. The van der Waals surface area contributed by atoms with E-state index in [0.717, 1.165) is 11.4 Å². The zero-order chi connectivity index (χ0) is 20.0. The fourth-order valence-corrected chi connectivity index (χ4v) is 2.77. The Morgan fingerprint density at radius 1 is 1.30 bits per heavy atom. The highest BCUT2D eigenvalue weighted by molar-refractivity contribution is 5.95. The van der Waals surface area contributed by atoms with Crippen molar-refractivity contribution >= 4 is 17.5 Å². The first-order valence-electron chi connectivity index (χ1n) is 9.25. The fraction of sp³-hybridized carbons (Fsp3) is 0.600. The van der Waals surface area contributed by atoms with E-state index in [4.69, 9.17) is 9.47 Å². The van der Waals surface area contributed by atoms with Crippen molar-refractivity contribution in [3.63, 3.8) is 0 Å². The van der Waals surface area contributed by atoms with E-state index in [0.29, 0.717) is 38.3 Å². The first-order valence-corrected chi connectivity index (χ1v) is 9.25. The first-order chi connectivity index (χ1) is 12.7. The van der Waals surface area contributed by atoms with Crippen LogP contribution in [-0.2, 0) is 9.53 Å². The summed E-state index contributed by atoms with van der Waals surface area (Å²) >= 11 is 0. The minimum atomic E-state index is -0.159. The molecule has 0 radical (unpaired) electrons. The third kappa shape index (κ3) is 6.13. The van der Waals surface area contributed by atoms with Crippen LogP contribution in [0.2, 0.25) is 0 Å². The van der Waals surface area contributed by atoms with Gasteiger partial charge in [0.2, 0.25) is 5.91 Å². The van der Waals surface area contributed by atoms with E-state index >= 15 is 0 Å². The first kappa shape index (κ1) is 21.0. The number of carbonyl (C=O) groups is 2. The number of ether oxygens (including phenoxy) is 2. The van der Waals surface area contributed by atoms with E-state index in [1.807, 2.05) is 11.9 Å². The van der Waals surface area contributed by atoms with E-state index < -0.39 is 0 Å². The van der Waals surface area contributed by atoms with Gasteiger partial charge in [-0.25, -0.2) is 0 Å². The highest BCUT2D eigenvalue weighted by Crippen LogP contribution is 2.34. The predicted octanol–water partition coefficient (Wildman–Crippen LogP) is 1.81. The molecule has 2 rings (SSSR count). The molecule has 0 saturated carbocycles. The maximum Gasteiger partial charge on any atom is 0.251 e. The third-order valence-corrected chi connectivity index (χ3v) is 4.41. The van der Waals surface area contributed by atoms with Gasteiger partial charge < -0.3 is 25.0 Å². The molecule has 2 amide bonds. The molecule has 0 spiro atoms. The Hall–Kier alpha value is -2.28. The van der Waals surface area contributed by atoms with Gasteiger partial charge in [0.25, 0.3) is 5.91 Å².